The van der Waals surface area contributed by atoms with Gasteiger partial charge in [0.2, 0.25) is 0 Å². The molecule has 0 saturated carbocycles. The number of hydrogen-bond acceptors (Lipinski definition) is 5. The van der Waals surface area contributed by atoms with Gasteiger partial charge in [0.05, 0.1) is 36.6 Å². The molecule has 5 nitrogen and oxygen atoms in total. The van der Waals surface area contributed by atoms with Crippen molar-refractivity contribution >= 4 is 23.5 Å². The zero-order valence-electron chi connectivity index (χ0n) is 19.0. The van der Waals surface area contributed by atoms with Crippen molar-refractivity contribution in [3.8, 4) is 11.5 Å². The fraction of sp³-hybridized carbons (Fsp3) is 0.727. The molecule has 1 unspecified atom stereocenters. The van der Waals surface area contributed by atoms with E-state index in [1.54, 1.807) is 7.11 Å². The molecule has 168 valence electrons. The summed E-state index contributed by atoms with van der Waals surface area (Å²) in [5.41, 5.74) is 0.756. The van der Waals surface area contributed by atoms with E-state index in [0.717, 1.165) is 22.9 Å². The van der Waals surface area contributed by atoms with Crippen LogP contribution in [0.25, 0.3) is 0 Å². The van der Waals surface area contributed by atoms with Crippen molar-refractivity contribution in [2.24, 2.45) is 5.92 Å². The minimum atomic E-state index is -3.36. The van der Waals surface area contributed by atoms with E-state index in [4.69, 9.17) is 18.5 Å². The summed E-state index contributed by atoms with van der Waals surface area (Å²) in [6.07, 6.45) is 4.28. The van der Waals surface area contributed by atoms with Crippen LogP contribution in [0.15, 0.2) is 16.6 Å². The van der Waals surface area contributed by atoms with Gasteiger partial charge in [-0.25, -0.2) is 0 Å². The minimum Gasteiger partial charge on any atom is -0.497 e. The average Bonchev–Trinajstić information content (AvgIpc) is 2.61. The Bertz CT molecular complexity index is 649. The van der Waals surface area contributed by atoms with Crippen molar-refractivity contribution in [1.29, 1.82) is 0 Å². The van der Waals surface area contributed by atoms with Crippen LogP contribution in [0.4, 0.5) is 0 Å². The summed E-state index contributed by atoms with van der Waals surface area (Å²) in [6, 6.07) is 3.72. The van der Waals surface area contributed by atoms with Crippen LogP contribution in [0.5, 0.6) is 11.5 Å². The summed E-state index contributed by atoms with van der Waals surface area (Å²) < 4.78 is 37.4. The molecular weight excluding hydrogens is 455 g/mol. The van der Waals surface area contributed by atoms with Gasteiger partial charge in [-0.2, -0.15) is 0 Å². The number of unbranched alkanes of at least 4 members (excludes halogenated alkanes) is 1. The molecule has 1 atom stereocenters. The lowest BCUT2D eigenvalue weighted by molar-refractivity contribution is 0.141. The lowest BCUT2D eigenvalue weighted by Gasteiger charge is -2.25. The summed E-state index contributed by atoms with van der Waals surface area (Å²) in [5.74, 6) is 1.83. The van der Waals surface area contributed by atoms with Gasteiger partial charge in [0, 0.05) is 5.56 Å². The highest BCUT2D eigenvalue weighted by Gasteiger charge is 2.30. The maximum Gasteiger partial charge on any atom is 0.335 e. The van der Waals surface area contributed by atoms with Crippen molar-refractivity contribution in [3.63, 3.8) is 0 Å². The van der Waals surface area contributed by atoms with E-state index < -0.39 is 7.60 Å². The van der Waals surface area contributed by atoms with Gasteiger partial charge in [-0.05, 0) is 68.1 Å². The second-order valence-electron chi connectivity index (χ2n) is 7.90. The van der Waals surface area contributed by atoms with Crippen molar-refractivity contribution in [2.45, 2.75) is 85.6 Å². The fourth-order valence-corrected chi connectivity index (χ4v) is 5.80. The van der Waals surface area contributed by atoms with E-state index in [1.165, 1.54) is 12.8 Å². The summed E-state index contributed by atoms with van der Waals surface area (Å²) in [6.45, 7) is 12.4. The van der Waals surface area contributed by atoms with Crippen LogP contribution in [0.1, 0.15) is 72.8 Å². The Balaban J connectivity index is 3.18. The molecule has 0 amide bonds. The molecule has 0 spiro atoms. The number of halogens is 1. The molecule has 0 fully saturated rings. The zero-order chi connectivity index (χ0) is 22.0. The molecule has 0 aliphatic carbocycles. The molecule has 0 aromatic heterocycles. The number of rotatable bonds is 14. The summed E-state index contributed by atoms with van der Waals surface area (Å²) in [7, 11) is -1.75. The summed E-state index contributed by atoms with van der Waals surface area (Å²) >= 11 is 3.60. The molecule has 0 bridgehead atoms. The third-order valence-electron chi connectivity index (χ3n) is 4.44. The molecule has 0 heterocycles. The predicted molar refractivity (Wildman–Crippen MR) is 123 cm³/mol. The molecule has 0 N–H and O–H groups in total. The molecule has 0 aliphatic heterocycles. The molecule has 0 saturated heterocycles. The van der Waals surface area contributed by atoms with Gasteiger partial charge in [0.15, 0.2) is 0 Å². The van der Waals surface area contributed by atoms with Crippen LogP contribution in [-0.2, 0) is 19.8 Å². The molecule has 1 aromatic rings. The van der Waals surface area contributed by atoms with Crippen LogP contribution in [0, 0.1) is 5.92 Å². The topological polar surface area (TPSA) is 54.0 Å². The maximum atomic E-state index is 13.4. The van der Waals surface area contributed by atoms with Gasteiger partial charge >= 0.3 is 7.60 Å². The third kappa shape index (κ3) is 9.42. The standard InChI is InChI=1S/C22H38BrO5P/c1-8-10-11-18(9-2)14-26-22-19(12-20(25-7)13-21(22)23)15-29(24,27-16(3)4)28-17(5)6/h12-13,16-18H,8-11,14-15H2,1-7H3. The zero-order valence-corrected chi connectivity index (χ0v) is 21.5. The maximum absolute atomic E-state index is 13.4. The van der Waals surface area contributed by atoms with Crippen LogP contribution in [0.2, 0.25) is 0 Å². The lowest BCUT2D eigenvalue weighted by Crippen LogP contribution is -2.14. The van der Waals surface area contributed by atoms with Crippen LogP contribution < -0.4 is 9.47 Å². The van der Waals surface area contributed by atoms with E-state index >= 15 is 0 Å². The van der Waals surface area contributed by atoms with Gasteiger partial charge in [-0.3, -0.25) is 4.57 Å². The molecule has 7 heteroatoms. The number of benzene rings is 1. The summed E-state index contributed by atoms with van der Waals surface area (Å²) in [4.78, 5) is 0. The first-order chi connectivity index (χ1) is 13.6. The number of methoxy groups -OCH3 is 1. The minimum absolute atomic E-state index is 0.125. The van der Waals surface area contributed by atoms with Crippen LogP contribution >= 0.6 is 23.5 Å². The molecule has 1 aromatic carbocycles. The second kappa shape index (κ2) is 13.0. The first-order valence-corrected chi connectivity index (χ1v) is 13.1. The van der Waals surface area contributed by atoms with Gasteiger partial charge in [-0.15, -0.1) is 0 Å². The van der Waals surface area contributed by atoms with Crippen molar-refractivity contribution in [3.05, 3.63) is 22.2 Å². The normalized spacial score (nSPS) is 13.2. The lowest BCUT2D eigenvalue weighted by atomic mass is 10.0. The Hall–Kier alpha value is -0.550. The van der Waals surface area contributed by atoms with Gasteiger partial charge < -0.3 is 18.5 Å². The fourth-order valence-electron chi connectivity index (χ4n) is 3.07. The average molecular weight is 493 g/mol. The monoisotopic (exact) mass is 492 g/mol. The Kier molecular flexibility index (Phi) is 11.9. The van der Waals surface area contributed by atoms with Crippen LogP contribution in [-0.4, -0.2) is 25.9 Å². The Morgan fingerprint density at radius 3 is 2.17 bits per heavy atom. The quantitative estimate of drug-likeness (QED) is 0.250. The SMILES string of the molecule is CCCCC(CC)COc1c(Br)cc(OC)cc1CP(=O)(OC(C)C)OC(C)C. The van der Waals surface area contributed by atoms with E-state index in [0.29, 0.717) is 24.0 Å². The molecule has 29 heavy (non-hydrogen) atoms. The first-order valence-electron chi connectivity index (χ1n) is 10.6. The first kappa shape index (κ1) is 26.5. The molecular formula is C22H38BrO5P. The van der Waals surface area contributed by atoms with E-state index in [2.05, 4.69) is 29.8 Å². The van der Waals surface area contributed by atoms with E-state index in [1.807, 2.05) is 39.8 Å². The van der Waals surface area contributed by atoms with Crippen molar-refractivity contribution < 1.29 is 23.1 Å². The van der Waals surface area contributed by atoms with Crippen molar-refractivity contribution in [1.82, 2.24) is 0 Å². The highest BCUT2D eigenvalue weighted by atomic mass is 79.9. The third-order valence-corrected chi connectivity index (χ3v) is 7.25. The molecule has 1 rings (SSSR count). The highest BCUT2D eigenvalue weighted by Crippen LogP contribution is 2.55. The Labute approximate surface area is 185 Å². The summed E-state index contributed by atoms with van der Waals surface area (Å²) in [5, 5.41) is 0. The second-order valence-corrected chi connectivity index (χ2v) is 10.7. The van der Waals surface area contributed by atoms with Crippen LogP contribution in [0.3, 0.4) is 0 Å². The Morgan fingerprint density at radius 2 is 1.69 bits per heavy atom. The molecule has 0 aliphatic rings. The largest absolute Gasteiger partial charge is 0.497 e. The van der Waals surface area contributed by atoms with E-state index in [9.17, 15) is 4.57 Å². The van der Waals surface area contributed by atoms with E-state index in [-0.39, 0.29) is 18.4 Å². The highest BCUT2D eigenvalue weighted by molar-refractivity contribution is 9.10. The van der Waals surface area contributed by atoms with Gasteiger partial charge in [0.25, 0.3) is 0 Å². The molecule has 0 radical (unpaired) electrons. The van der Waals surface area contributed by atoms with Gasteiger partial charge in [0.1, 0.15) is 11.5 Å². The van der Waals surface area contributed by atoms with Gasteiger partial charge in [-0.1, -0.05) is 33.1 Å². The van der Waals surface area contributed by atoms with Crippen molar-refractivity contribution in [2.75, 3.05) is 13.7 Å². The predicted octanol–water partition coefficient (Wildman–Crippen LogP) is 7.60. The number of ether oxygens (including phenoxy) is 2. The number of hydrogen-bond donors (Lipinski definition) is 0. The Morgan fingerprint density at radius 1 is 1.07 bits per heavy atom. The smallest absolute Gasteiger partial charge is 0.335 e.